The fourth-order valence-electron chi connectivity index (χ4n) is 3.79. The third-order valence-electron chi connectivity index (χ3n) is 5.81. The lowest BCUT2D eigenvalue weighted by molar-refractivity contribution is -0.154. The van der Waals surface area contributed by atoms with Crippen molar-refractivity contribution < 1.29 is 28.2 Å². The fraction of sp³-hybridized carbons (Fsp3) is 0.391. The van der Waals surface area contributed by atoms with Crippen LogP contribution in [0.15, 0.2) is 64.0 Å². The maximum Gasteiger partial charge on any atom is 0.254 e. The number of rotatable bonds is 7. The smallest absolute Gasteiger partial charge is 0.254 e. The van der Waals surface area contributed by atoms with Gasteiger partial charge in [-0.15, -0.1) is 0 Å². The van der Waals surface area contributed by atoms with Crippen molar-refractivity contribution in [1.29, 1.82) is 0 Å². The van der Waals surface area contributed by atoms with Crippen molar-refractivity contribution in [3.05, 3.63) is 64.6 Å². The summed E-state index contributed by atoms with van der Waals surface area (Å²) in [4.78, 5) is 26.6. The molecule has 2 aromatic carbocycles. The Bertz CT molecular complexity index is 1070. The van der Waals surface area contributed by atoms with Gasteiger partial charge >= 0.3 is 0 Å². The van der Waals surface area contributed by atoms with Gasteiger partial charge in [-0.25, -0.2) is 8.42 Å². The number of aliphatic hydroxyl groups is 2. The normalized spacial score (nSPS) is 17.8. The zero-order valence-corrected chi connectivity index (χ0v) is 20.5. The lowest BCUT2D eigenvalue weighted by Crippen LogP contribution is -2.53. The van der Waals surface area contributed by atoms with E-state index in [4.69, 9.17) is 0 Å². The lowest BCUT2D eigenvalue weighted by atomic mass is 10.1. The number of benzene rings is 2. The van der Waals surface area contributed by atoms with Crippen molar-refractivity contribution in [3.63, 3.8) is 0 Å². The first kappa shape index (κ1) is 25.4. The molecule has 0 spiro atoms. The Morgan fingerprint density at radius 3 is 2.15 bits per heavy atom. The number of aliphatic hydroxyl groups excluding tert-OH is 2. The van der Waals surface area contributed by atoms with Crippen LogP contribution in [0.25, 0.3) is 0 Å². The topological polar surface area (TPSA) is 124 Å². The molecule has 1 aliphatic rings. The van der Waals surface area contributed by atoms with Gasteiger partial charge in [0.05, 0.1) is 16.2 Å². The molecule has 1 heterocycles. The standard InChI is InChI=1S/C23H27BrN2O6S/c1-15(16-7-9-17(24)10-8-16)25-22(29)20(27)21(28)23(30)26-13-11-19(12-14-26)33(31,32)18-5-3-2-4-6-18/h2-10,15,19-21,27-28H,11-14H2,1H3,(H,25,29)/t15-,20-,21-/m0/s1. The van der Waals surface area contributed by atoms with E-state index in [9.17, 15) is 28.2 Å². The Hall–Kier alpha value is -2.27. The van der Waals surface area contributed by atoms with Gasteiger partial charge in [-0.3, -0.25) is 9.59 Å². The fourth-order valence-corrected chi connectivity index (χ4v) is 5.81. The zero-order valence-electron chi connectivity index (χ0n) is 18.1. The van der Waals surface area contributed by atoms with Gasteiger partial charge < -0.3 is 20.4 Å². The molecule has 0 unspecified atom stereocenters. The summed E-state index contributed by atoms with van der Waals surface area (Å²) in [5.74, 6) is -1.67. The molecule has 33 heavy (non-hydrogen) atoms. The second-order valence-corrected chi connectivity index (χ2v) is 11.2. The third-order valence-corrected chi connectivity index (χ3v) is 8.62. The highest BCUT2D eigenvalue weighted by atomic mass is 79.9. The molecule has 10 heteroatoms. The minimum absolute atomic E-state index is 0.107. The van der Waals surface area contributed by atoms with E-state index in [0.29, 0.717) is 0 Å². The molecule has 2 amide bonds. The number of hydrogen-bond donors (Lipinski definition) is 3. The van der Waals surface area contributed by atoms with E-state index < -0.39 is 45.2 Å². The van der Waals surface area contributed by atoms with Crippen LogP contribution in [-0.2, 0) is 19.4 Å². The summed E-state index contributed by atoms with van der Waals surface area (Å²) in [5, 5.41) is 22.5. The molecule has 3 rings (SSSR count). The van der Waals surface area contributed by atoms with Crippen LogP contribution in [0.2, 0.25) is 0 Å². The van der Waals surface area contributed by atoms with Crippen LogP contribution in [0.5, 0.6) is 0 Å². The highest BCUT2D eigenvalue weighted by Gasteiger charge is 2.38. The summed E-state index contributed by atoms with van der Waals surface area (Å²) in [6.07, 6.45) is -3.47. The van der Waals surface area contributed by atoms with Crippen LogP contribution >= 0.6 is 15.9 Å². The van der Waals surface area contributed by atoms with Gasteiger partial charge in [0.15, 0.2) is 22.0 Å². The first-order valence-electron chi connectivity index (χ1n) is 10.6. The lowest BCUT2D eigenvalue weighted by Gasteiger charge is -2.33. The minimum atomic E-state index is -3.52. The molecule has 2 aromatic rings. The number of nitrogens with zero attached hydrogens (tertiary/aromatic N) is 1. The van der Waals surface area contributed by atoms with Crippen molar-refractivity contribution in [1.82, 2.24) is 10.2 Å². The molecule has 0 saturated carbocycles. The number of amides is 2. The summed E-state index contributed by atoms with van der Waals surface area (Å²) in [5.41, 5.74) is 0.793. The van der Waals surface area contributed by atoms with E-state index >= 15 is 0 Å². The highest BCUT2D eigenvalue weighted by molar-refractivity contribution is 9.10. The van der Waals surface area contributed by atoms with E-state index in [1.165, 1.54) is 4.90 Å². The quantitative estimate of drug-likeness (QED) is 0.493. The second-order valence-electron chi connectivity index (χ2n) is 8.05. The minimum Gasteiger partial charge on any atom is -0.380 e. The monoisotopic (exact) mass is 538 g/mol. The number of hydrogen-bond acceptors (Lipinski definition) is 6. The number of halogens is 1. The number of carbonyl (C=O) groups excluding carboxylic acids is 2. The molecule has 1 saturated heterocycles. The molecule has 1 aliphatic heterocycles. The van der Waals surface area contributed by atoms with Gasteiger partial charge in [-0.05, 0) is 49.6 Å². The SMILES string of the molecule is C[C@H](NC(=O)[C@@H](O)[C@H](O)C(=O)N1CCC(S(=O)(=O)c2ccccc2)CC1)c1ccc(Br)cc1. The summed E-state index contributed by atoms with van der Waals surface area (Å²) in [6.45, 7) is 1.94. The molecule has 178 valence electrons. The Kier molecular flexibility index (Phi) is 8.28. The van der Waals surface area contributed by atoms with Crippen LogP contribution in [-0.4, -0.2) is 65.9 Å². The molecule has 0 radical (unpaired) electrons. The van der Waals surface area contributed by atoms with Crippen molar-refractivity contribution in [3.8, 4) is 0 Å². The summed E-state index contributed by atoms with van der Waals surface area (Å²) in [7, 11) is -3.52. The average molecular weight is 539 g/mol. The number of likely N-dealkylation sites (tertiary alicyclic amines) is 1. The van der Waals surface area contributed by atoms with E-state index in [0.717, 1.165) is 10.0 Å². The highest BCUT2D eigenvalue weighted by Crippen LogP contribution is 2.25. The van der Waals surface area contributed by atoms with Crippen LogP contribution in [0.4, 0.5) is 0 Å². The molecule has 0 aliphatic carbocycles. The average Bonchev–Trinajstić information content (AvgIpc) is 2.83. The van der Waals surface area contributed by atoms with E-state index in [1.54, 1.807) is 49.4 Å². The molecule has 3 N–H and O–H groups in total. The molecule has 1 fully saturated rings. The van der Waals surface area contributed by atoms with Crippen molar-refractivity contribution >= 4 is 37.6 Å². The molecular weight excluding hydrogens is 512 g/mol. The van der Waals surface area contributed by atoms with Gasteiger partial charge in [-0.1, -0.05) is 46.3 Å². The third kappa shape index (κ3) is 6.00. The van der Waals surface area contributed by atoms with Gasteiger partial charge in [0, 0.05) is 17.6 Å². The first-order valence-corrected chi connectivity index (χ1v) is 12.9. The predicted octanol–water partition coefficient (Wildman–Crippen LogP) is 1.81. The molecular formula is C23H27BrN2O6S. The Labute approximate surface area is 201 Å². The number of carbonyl (C=O) groups is 2. The molecule has 0 aromatic heterocycles. The first-order chi connectivity index (χ1) is 15.6. The van der Waals surface area contributed by atoms with Crippen LogP contribution in [0, 0.1) is 0 Å². The van der Waals surface area contributed by atoms with Crippen LogP contribution in [0.1, 0.15) is 31.4 Å². The maximum atomic E-state index is 12.8. The van der Waals surface area contributed by atoms with E-state index in [2.05, 4.69) is 21.2 Å². The zero-order chi connectivity index (χ0) is 24.2. The van der Waals surface area contributed by atoms with Crippen molar-refractivity contribution in [2.24, 2.45) is 0 Å². The van der Waals surface area contributed by atoms with Gasteiger partial charge in [-0.2, -0.15) is 0 Å². The van der Waals surface area contributed by atoms with Crippen LogP contribution in [0.3, 0.4) is 0 Å². The Morgan fingerprint density at radius 2 is 1.58 bits per heavy atom. The van der Waals surface area contributed by atoms with Gasteiger partial charge in [0.1, 0.15) is 0 Å². The molecule has 0 bridgehead atoms. The van der Waals surface area contributed by atoms with E-state index in [-0.39, 0.29) is 30.8 Å². The summed E-state index contributed by atoms with van der Waals surface area (Å²) < 4.78 is 26.5. The summed E-state index contributed by atoms with van der Waals surface area (Å²) >= 11 is 3.33. The van der Waals surface area contributed by atoms with Crippen molar-refractivity contribution in [2.45, 2.75) is 48.2 Å². The molecule has 3 atom stereocenters. The largest absolute Gasteiger partial charge is 0.380 e. The number of piperidine rings is 1. The molecule has 8 nitrogen and oxygen atoms in total. The van der Waals surface area contributed by atoms with Crippen LogP contribution < -0.4 is 5.32 Å². The Balaban J connectivity index is 1.55. The van der Waals surface area contributed by atoms with Gasteiger partial charge in [0.25, 0.3) is 11.8 Å². The summed E-state index contributed by atoms with van der Waals surface area (Å²) in [6, 6.07) is 14.9. The maximum absolute atomic E-state index is 12.8. The van der Waals surface area contributed by atoms with E-state index in [1.807, 2.05) is 12.1 Å². The van der Waals surface area contributed by atoms with Gasteiger partial charge in [0.2, 0.25) is 0 Å². The number of sulfone groups is 1. The second kappa shape index (κ2) is 10.8. The van der Waals surface area contributed by atoms with Crippen molar-refractivity contribution in [2.75, 3.05) is 13.1 Å². The predicted molar refractivity (Wildman–Crippen MR) is 126 cm³/mol. The number of nitrogens with one attached hydrogen (secondary N) is 1. The Morgan fingerprint density at radius 1 is 1.00 bits per heavy atom.